The average Bonchev–Trinajstić information content (AvgIpc) is 4.10. The van der Waals surface area contributed by atoms with E-state index in [-0.39, 0.29) is 0 Å². The minimum Gasteiger partial charge on any atom is -0.434 e. The highest BCUT2D eigenvalue weighted by molar-refractivity contribution is 6.24. The lowest BCUT2D eigenvalue weighted by Gasteiger charge is -2.13. The molecule has 0 spiro atoms. The number of rotatable bonds is 6. The molecule has 0 aliphatic heterocycles. The Morgan fingerprint density at radius 3 is 1.55 bits per heavy atom. The van der Waals surface area contributed by atoms with E-state index in [1.165, 1.54) is 27.1 Å². The maximum absolute atomic E-state index is 6.92. The Morgan fingerprint density at radius 1 is 0.343 bits per heavy atom. The van der Waals surface area contributed by atoms with Crippen molar-refractivity contribution in [2.24, 2.45) is 0 Å². The number of para-hydroxylation sites is 3. The number of nitrogens with zero attached hydrogens (tertiary/aromatic N) is 6. The van der Waals surface area contributed by atoms with Crippen LogP contribution in [0.2, 0.25) is 0 Å². The number of hydrogen-bond acceptors (Lipinski definition) is 5. The molecule has 4 heterocycles. The van der Waals surface area contributed by atoms with Gasteiger partial charge in [-0.25, -0.2) is 9.97 Å². The van der Waals surface area contributed by atoms with Crippen molar-refractivity contribution in [3.8, 4) is 57.0 Å². The van der Waals surface area contributed by atoms with Gasteiger partial charge in [0.1, 0.15) is 5.52 Å². The first-order valence-corrected chi connectivity index (χ1v) is 22.5. The Bertz CT molecular complexity index is 4210. The van der Waals surface area contributed by atoms with E-state index in [2.05, 4.69) is 161 Å². The molecule has 14 rings (SSSR count). The molecule has 4 aromatic heterocycles. The normalized spacial score (nSPS) is 11.9. The predicted molar refractivity (Wildman–Crippen MR) is 273 cm³/mol. The largest absolute Gasteiger partial charge is 0.434 e. The Labute approximate surface area is 383 Å². The van der Waals surface area contributed by atoms with Gasteiger partial charge in [0.2, 0.25) is 11.8 Å². The van der Waals surface area contributed by atoms with E-state index in [1.807, 2.05) is 66.7 Å². The van der Waals surface area contributed by atoms with E-state index in [9.17, 15) is 0 Å². The summed E-state index contributed by atoms with van der Waals surface area (Å²) in [6.07, 6.45) is 0. The molecule has 0 aliphatic rings. The molecule has 14 aromatic rings. The first-order valence-electron chi connectivity index (χ1n) is 22.5. The fourth-order valence-electron chi connectivity index (χ4n) is 10.2. The van der Waals surface area contributed by atoms with Crippen LogP contribution in [-0.2, 0) is 0 Å². The fraction of sp³-hybridized carbons (Fsp3) is 0. The van der Waals surface area contributed by atoms with Gasteiger partial charge in [-0.1, -0.05) is 176 Å². The van der Waals surface area contributed by atoms with Crippen LogP contribution in [0, 0.1) is 0 Å². The standard InChI is InChI=1S/C60H36N6O/c1-3-16-38(17-4-1)57-62-58(39-18-5-2-6-19-39)64-60(63-57)66-52-28-14-12-25-46(52)48-35-34-47-45-24-11-13-27-51(45)65(54(47)55(48)66)53-29-15-26-50-56(53)67-59(61-50)40-32-30-37(31-33-40)49-36-41-20-7-8-21-42(41)43-22-9-10-23-44(43)49/h1-36H. The quantitative estimate of drug-likeness (QED) is 0.156. The molecule has 7 nitrogen and oxygen atoms in total. The monoisotopic (exact) mass is 856 g/mol. The third-order valence-electron chi connectivity index (χ3n) is 13.2. The molecule has 312 valence electrons. The molecular weight excluding hydrogens is 821 g/mol. The van der Waals surface area contributed by atoms with Crippen molar-refractivity contribution in [2.75, 3.05) is 0 Å². The number of benzene rings is 10. The SMILES string of the molecule is c1ccc(-c2nc(-c3ccccc3)nc(-n3c4ccccc4c4ccc5c6ccccc6n(-c6cccc7nc(-c8ccc(-c9cc%10ccccc%10c%10ccccc9%10)cc8)oc67)c5c43)n2)cc1. The molecule has 0 amide bonds. The number of fused-ring (bicyclic) bond motifs is 11. The minimum atomic E-state index is 0.531. The third kappa shape index (κ3) is 5.78. The number of hydrogen-bond donors (Lipinski definition) is 0. The van der Waals surface area contributed by atoms with E-state index < -0.39 is 0 Å². The molecule has 0 atom stereocenters. The summed E-state index contributed by atoms with van der Waals surface area (Å²) in [6.45, 7) is 0. The van der Waals surface area contributed by atoms with Crippen LogP contribution in [0.4, 0.5) is 0 Å². The molecule has 0 bridgehead atoms. The first-order chi connectivity index (χ1) is 33.2. The van der Waals surface area contributed by atoms with Crippen LogP contribution in [0.15, 0.2) is 223 Å². The summed E-state index contributed by atoms with van der Waals surface area (Å²) < 4.78 is 11.5. The van der Waals surface area contributed by atoms with Crippen LogP contribution in [0.3, 0.4) is 0 Å². The van der Waals surface area contributed by atoms with Gasteiger partial charge >= 0.3 is 0 Å². The summed E-state index contributed by atoms with van der Waals surface area (Å²) >= 11 is 0. The Morgan fingerprint density at radius 2 is 0.881 bits per heavy atom. The van der Waals surface area contributed by atoms with Gasteiger partial charge in [0.25, 0.3) is 0 Å². The highest BCUT2D eigenvalue weighted by atomic mass is 16.3. The molecule has 0 aliphatic carbocycles. The maximum Gasteiger partial charge on any atom is 0.238 e. The van der Waals surface area contributed by atoms with Crippen molar-refractivity contribution >= 4 is 76.3 Å². The van der Waals surface area contributed by atoms with Gasteiger partial charge in [-0.15, -0.1) is 0 Å². The van der Waals surface area contributed by atoms with Gasteiger partial charge in [-0.05, 0) is 75.1 Å². The number of aromatic nitrogens is 6. The first kappa shape index (κ1) is 37.2. The lowest BCUT2D eigenvalue weighted by atomic mass is 9.93. The van der Waals surface area contributed by atoms with Crippen LogP contribution in [-0.4, -0.2) is 29.1 Å². The van der Waals surface area contributed by atoms with Crippen molar-refractivity contribution in [1.29, 1.82) is 0 Å². The Hall–Kier alpha value is -9.20. The minimum absolute atomic E-state index is 0.531. The smallest absolute Gasteiger partial charge is 0.238 e. The molecule has 0 fully saturated rings. The second kappa shape index (κ2) is 14.7. The summed E-state index contributed by atoms with van der Waals surface area (Å²) in [6, 6.07) is 76.2. The zero-order chi connectivity index (χ0) is 44.0. The van der Waals surface area contributed by atoms with Crippen LogP contribution in [0.25, 0.3) is 133 Å². The predicted octanol–water partition coefficient (Wildman–Crippen LogP) is 15.2. The topological polar surface area (TPSA) is 74.6 Å². The van der Waals surface area contributed by atoms with Crippen LogP contribution >= 0.6 is 0 Å². The van der Waals surface area contributed by atoms with Crippen molar-refractivity contribution in [2.45, 2.75) is 0 Å². The van der Waals surface area contributed by atoms with Gasteiger partial charge in [-0.2, -0.15) is 9.97 Å². The average molecular weight is 857 g/mol. The molecule has 0 unspecified atom stereocenters. The summed E-state index contributed by atoms with van der Waals surface area (Å²) in [7, 11) is 0. The molecule has 0 saturated heterocycles. The fourth-order valence-corrected chi connectivity index (χ4v) is 10.2. The van der Waals surface area contributed by atoms with E-state index in [0.29, 0.717) is 29.1 Å². The second-order valence-corrected chi connectivity index (χ2v) is 17.0. The maximum atomic E-state index is 6.92. The second-order valence-electron chi connectivity index (χ2n) is 17.0. The van der Waals surface area contributed by atoms with E-state index in [1.54, 1.807) is 0 Å². The summed E-state index contributed by atoms with van der Waals surface area (Å²) in [5, 5.41) is 9.35. The summed E-state index contributed by atoms with van der Waals surface area (Å²) in [4.78, 5) is 20.7. The molecule has 7 heteroatoms. The zero-order valence-corrected chi connectivity index (χ0v) is 35.9. The van der Waals surface area contributed by atoms with Crippen molar-refractivity contribution < 1.29 is 4.42 Å². The summed E-state index contributed by atoms with van der Waals surface area (Å²) in [5.41, 5.74) is 11.4. The van der Waals surface area contributed by atoms with Crippen molar-refractivity contribution in [1.82, 2.24) is 29.1 Å². The molecular formula is C60H36N6O. The van der Waals surface area contributed by atoms with Gasteiger partial charge in [0.15, 0.2) is 17.2 Å². The van der Waals surface area contributed by atoms with E-state index in [0.717, 1.165) is 77.1 Å². The van der Waals surface area contributed by atoms with E-state index >= 15 is 0 Å². The molecule has 0 saturated carbocycles. The van der Waals surface area contributed by atoms with Gasteiger partial charge < -0.3 is 8.98 Å². The Balaban J connectivity index is 0.991. The summed E-state index contributed by atoms with van der Waals surface area (Å²) in [5.74, 6) is 2.29. The Kier molecular flexibility index (Phi) is 8.15. The lowest BCUT2D eigenvalue weighted by Crippen LogP contribution is -2.07. The van der Waals surface area contributed by atoms with Crippen LogP contribution in [0.1, 0.15) is 0 Å². The van der Waals surface area contributed by atoms with Crippen LogP contribution in [0.5, 0.6) is 0 Å². The van der Waals surface area contributed by atoms with Gasteiger partial charge in [0.05, 0.1) is 27.8 Å². The molecule has 0 radical (unpaired) electrons. The lowest BCUT2D eigenvalue weighted by molar-refractivity contribution is 0.618. The molecule has 0 N–H and O–H groups in total. The van der Waals surface area contributed by atoms with Crippen molar-refractivity contribution in [3.05, 3.63) is 218 Å². The third-order valence-corrected chi connectivity index (χ3v) is 13.2. The van der Waals surface area contributed by atoms with Gasteiger partial charge in [0, 0.05) is 38.2 Å². The number of oxazole rings is 1. The molecule has 67 heavy (non-hydrogen) atoms. The highest BCUT2D eigenvalue weighted by Gasteiger charge is 2.25. The van der Waals surface area contributed by atoms with Crippen molar-refractivity contribution in [3.63, 3.8) is 0 Å². The molecule has 10 aromatic carbocycles. The zero-order valence-electron chi connectivity index (χ0n) is 35.9. The van der Waals surface area contributed by atoms with Crippen LogP contribution < -0.4 is 0 Å². The van der Waals surface area contributed by atoms with E-state index in [4.69, 9.17) is 24.4 Å². The van der Waals surface area contributed by atoms with Gasteiger partial charge in [-0.3, -0.25) is 4.57 Å². The highest BCUT2D eigenvalue weighted by Crippen LogP contribution is 2.43.